The second-order valence-electron chi connectivity index (χ2n) is 7.62. The van der Waals surface area contributed by atoms with E-state index in [-0.39, 0.29) is 0 Å². The van der Waals surface area contributed by atoms with Gasteiger partial charge in [-0.1, -0.05) is 47.0 Å². The number of nitrogens with zero attached hydrogens (tertiary/aromatic N) is 1. The fourth-order valence-electron chi connectivity index (χ4n) is 4.44. The smallest absolute Gasteiger partial charge is 0.0329 e. The molecule has 1 saturated carbocycles. The van der Waals surface area contributed by atoms with E-state index in [1.807, 2.05) is 0 Å². The normalized spacial score (nSPS) is 28.9. The van der Waals surface area contributed by atoms with Gasteiger partial charge in [-0.3, -0.25) is 4.90 Å². The van der Waals surface area contributed by atoms with Gasteiger partial charge in [0.15, 0.2) is 0 Å². The predicted octanol–water partition coefficient (Wildman–Crippen LogP) is 4.06. The minimum absolute atomic E-state index is 0.412. The molecule has 2 rings (SSSR count). The van der Waals surface area contributed by atoms with E-state index in [4.69, 9.17) is 0 Å². The van der Waals surface area contributed by atoms with E-state index in [9.17, 15) is 0 Å². The average Bonchev–Trinajstić information content (AvgIpc) is 2.48. The Morgan fingerprint density at radius 2 is 1.75 bits per heavy atom. The maximum absolute atomic E-state index is 3.94. The molecule has 1 unspecified atom stereocenters. The van der Waals surface area contributed by atoms with Gasteiger partial charge in [-0.25, -0.2) is 0 Å². The quantitative estimate of drug-likeness (QED) is 0.817. The van der Waals surface area contributed by atoms with Gasteiger partial charge in [0.1, 0.15) is 0 Å². The van der Waals surface area contributed by atoms with Gasteiger partial charge in [0.2, 0.25) is 0 Å². The van der Waals surface area contributed by atoms with Crippen LogP contribution in [0.5, 0.6) is 0 Å². The molecule has 1 heterocycles. The summed E-state index contributed by atoms with van der Waals surface area (Å²) < 4.78 is 0. The van der Waals surface area contributed by atoms with Gasteiger partial charge in [-0.2, -0.15) is 0 Å². The summed E-state index contributed by atoms with van der Waals surface area (Å²) in [4.78, 5) is 2.84. The molecule has 2 fully saturated rings. The maximum atomic E-state index is 3.94. The summed E-state index contributed by atoms with van der Waals surface area (Å²) >= 11 is 0. The van der Waals surface area contributed by atoms with Crippen LogP contribution in [-0.4, -0.2) is 36.1 Å². The first-order valence-electron chi connectivity index (χ1n) is 9.09. The van der Waals surface area contributed by atoms with Crippen LogP contribution >= 0.6 is 0 Å². The standard InChI is InChI=1S/C18H36N2/c1-5-18(6-2)14-19-17(13-20(18)12-15(3)4)16-10-8-7-9-11-16/h15-17,19H,5-14H2,1-4H3. The number of rotatable bonds is 5. The number of hydrogen-bond donors (Lipinski definition) is 1. The predicted molar refractivity (Wildman–Crippen MR) is 88.1 cm³/mol. The van der Waals surface area contributed by atoms with Crippen molar-refractivity contribution in [2.45, 2.75) is 84.2 Å². The molecule has 2 heteroatoms. The monoisotopic (exact) mass is 280 g/mol. The molecular weight excluding hydrogens is 244 g/mol. The largest absolute Gasteiger partial charge is 0.311 e. The molecule has 1 N–H and O–H groups in total. The lowest BCUT2D eigenvalue weighted by atomic mass is 9.79. The van der Waals surface area contributed by atoms with E-state index >= 15 is 0 Å². The Balaban J connectivity index is 2.04. The summed E-state index contributed by atoms with van der Waals surface area (Å²) in [6.07, 6.45) is 9.85. The third kappa shape index (κ3) is 3.57. The van der Waals surface area contributed by atoms with Crippen molar-refractivity contribution in [2.75, 3.05) is 19.6 Å². The highest BCUT2D eigenvalue weighted by molar-refractivity contribution is 4.99. The Morgan fingerprint density at radius 3 is 2.30 bits per heavy atom. The zero-order valence-electron chi connectivity index (χ0n) is 14.3. The van der Waals surface area contributed by atoms with Crippen LogP contribution in [0.4, 0.5) is 0 Å². The summed E-state index contributed by atoms with van der Waals surface area (Å²) in [5.74, 6) is 1.71. The zero-order chi connectivity index (χ0) is 14.6. The Morgan fingerprint density at radius 1 is 1.10 bits per heavy atom. The molecule has 0 aromatic carbocycles. The molecule has 2 aliphatic rings. The van der Waals surface area contributed by atoms with Crippen molar-refractivity contribution in [3.8, 4) is 0 Å². The van der Waals surface area contributed by atoms with E-state index in [0.717, 1.165) is 17.9 Å². The fourth-order valence-corrected chi connectivity index (χ4v) is 4.44. The second-order valence-corrected chi connectivity index (χ2v) is 7.62. The Labute approximate surface area is 126 Å². The van der Waals surface area contributed by atoms with Crippen LogP contribution in [-0.2, 0) is 0 Å². The summed E-state index contributed by atoms with van der Waals surface area (Å²) in [5.41, 5.74) is 0.412. The van der Waals surface area contributed by atoms with Crippen molar-refractivity contribution in [1.82, 2.24) is 10.2 Å². The molecule has 2 nitrogen and oxygen atoms in total. The first kappa shape index (κ1) is 16.3. The molecule has 0 spiro atoms. The third-order valence-electron chi connectivity index (χ3n) is 5.90. The van der Waals surface area contributed by atoms with Crippen molar-refractivity contribution >= 4 is 0 Å². The van der Waals surface area contributed by atoms with Gasteiger partial charge in [-0.05, 0) is 37.5 Å². The van der Waals surface area contributed by atoms with Gasteiger partial charge in [-0.15, -0.1) is 0 Å². The lowest BCUT2D eigenvalue weighted by Crippen LogP contribution is -2.66. The molecule has 0 amide bonds. The van der Waals surface area contributed by atoms with E-state index in [2.05, 4.69) is 37.9 Å². The summed E-state index contributed by atoms with van der Waals surface area (Å²) in [6.45, 7) is 13.2. The Hall–Kier alpha value is -0.0800. The topological polar surface area (TPSA) is 15.3 Å². The summed E-state index contributed by atoms with van der Waals surface area (Å²) in [5, 5.41) is 3.94. The van der Waals surface area contributed by atoms with Crippen molar-refractivity contribution in [3.05, 3.63) is 0 Å². The van der Waals surface area contributed by atoms with Crippen LogP contribution in [0.15, 0.2) is 0 Å². The van der Waals surface area contributed by atoms with Crippen molar-refractivity contribution in [1.29, 1.82) is 0 Å². The lowest BCUT2D eigenvalue weighted by molar-refractivity contribution is 0.00657. The van der Waals surface area contributed by atoms with Crippen molar-refractivity contribution in [2.24, 2.45) is 11.8 Å². The molecule has 0 radical (unpaired) electrons. The lowest BCUT2D eigenvalue weighted by Gasteiger charge is -2.52. The third-order valence-corrected chi connectivity index (χ3v) is 5.90. The molecule has 1 aliphatic heterocycles. The minimum Gasteiger partial charge on any atom is -0.311 e. The first-order valence-corrected chi connectivity index (χ1v) is 9.09. The molecule has 1 aliphatic carbocycles. The van der Waals surface area contributed by atoms with Crippen LogP contribution in [0.3, 0.4) is 0 Å². The van der Waals surface area contributed by atoms with E-state index < -0.39 is 0 Å². The molecule has 118 valence electrons. The maximum Gasteiger partial charge on any atom is 0.0329 e. The molecular formula is C18H36N2. The van der Waals surface area contributed by atoms with E-state index in [1.165, 1.54) is 64.6 Å². The highest BCUT2D eigenvalue weighted by Crippen LogP contribution is 2.33. The number of piperazine rings is 1. The second kappa shape index (κ2) is 7.26. The van der Waals surface area contributed by atoms with Gasteiger partial charge in [0.05, 0.1) is 0 Å². The van der Waals surface area contributed by atoms with E-state index in [0.29, 0.717) is 5.54 Å². The van der Waals surface area contributed by atoms with Crippen LogP contribution in [0.2, 0.25) is 0 Å². The molecule has 0 bridgehead atoms. The molecule has 1 saturated heterocycles. The molecule has 1 atom stereocenters. The molecule has 0 aromatic heterocycles. The Kier molecular flexibility index (Phi) is 5.92. The highest BCUT2D eigenvalue weighted by Gasteiger charge is 2.40. The van der Waals surface area contributed by atoms with Gasteiger partial charge < -0.3 is 5.32 Å². The van der Waals surface area contributed by atoms with Crippen LogP contribution in [0.25, 0.3) is 0 Å². The Bertz CT molecular complexity index is 277. The van der Waals surface area contributed by atoms with Gasteiger partial charge >= 0.3 is 0 Å². The summed E-state index contributed by atoms with van der Waals surface area (Å²) in [6, 6.07) is 0.750. The van der Waals surface area contributed by atoms with Crippen LogP contribution in [0.1, 0.15) is 72.6 Å². The molecule has 0 aromatic rings. The summed E-state index contributed by atoms with van der Waals surface area (Å²) in [7, 11) is 0. The SMILES string of the molecule is CCC1(CC)CNC(C2CCCCC2)CN1CC(C)C. The fraction of sp³-hybridized carbons (Fsp3) is 1.00. The van der Waals surface area contributed by atoms with Crippen LogP contribution < -0.4 is 5.32 Å². The van der Waals surface area contributed by atoms with Gasteiger partial charge in [0, 0.05) is 31.2 Å². The average molecular weight is 280 g/mol. The number of hydrogen-bond acceptors (Lipinski definition) is 2. The van der Waals surface area contributed by atoms with Crippen molar-refractivity contribution in [3.63, 3.8) is 0 Å². The van der Waals surface area contributed by atoms with Crippen molar-refractivity contribution < 1.29 is 0 Å². The minimum atomic E-state index is 0.412. The highest BCUT2D eigenvalue weighted by atomic mass is 15.3. The zero-order valence-corrected chi connectivity index (χ0v) is 14.3. The number of nitrogens with one attached hydrogen (secondary N) is 1. The molecule has 20 heavy (non-hydrogen) atoms. The first-order chi connectivity index (χ1) is 9.61. The van der Waals surface area contributed by atoms with Crippen LogP contribution in [0, 0.1) is 11.8 Å². The van der Waals surface area contributed by atoms with E-state index in [1.54, 1.807) is 0 Å². The van der Waals surface area contributed by atoms with Gasteiger partial charge in [0.25, 0.3) is 0 Å².